The minimum Gasteiger partial charge on any atom is -0.494 e. The Balaban J connectivity index is 1.42. The summed E-state index contributed by atoms with van der Waals surface area (Å²) in [6.45, 7) is 3.68. The molecule has 0 saturated carbocycles. The lowest BCUT2D eigenvalue weighted by Gasteiger charge is -2.07. The molecule has 0 atom stereocenters. The Morgan fingerprint density at radius 3 is 2.91 bits per heavy atom. The highest BCUT2D eigenvalue weighted by molar-refractivity contribution is 5.80. The molecule has 0 radical (unpaired) electrons. The van der Waals surface area contributed by atoms with Gasteiger partial charge in [-0.15, -0.1) is 0 Å². The van der Waals surface area contributed by atoms with Gasteiger partial charge in [-0.2, -0.15) is 0 Å². The van der Waals surface area contributed by atoms with Gasteiger partial charge in [0.05, 0.1) is 12.9 Å². The largest absolute Gasteiger partial charge is 0.494 e. The van der Waals surface area contributed by atoms with Crippen molar-refractivity contribution in [2.75, 3.05) is 12.3 Å². The number of benzene rings is 1. The van der Waals surface area contributed by atoms with E-state index in [9.17, 15) is 0 Å². The van der Waals surface area contributed by atoms with Gasteiger partial charge in [0.25, 0.3) is 0 Å². The summed E-state index contributed by atoms with van der Waals surface area (Å²) in [5.41, 5.74) is 8.48. The number of nitrogen functional groups attached to an aromatic ring is 1. The van der Waals surface area contributed by atoms with Crippen LogP contribution in [-0.2, 0) is 6.54 Å². The Morgan fingerprint density at radius 2 is 2.04 bits per heavy atom. The van der Waals surface area contributed by atoms with E-state index in [0.29, 0.717) is 11.3 Å². The lowest BCUT2D eigenvalue weighted by Crippen LogP contribution is -2.01. The first-order valence-electron chi connectivity index (χ1n) is 7.85. The van der Waals surface area contributed by atoms with Gasteiger partial charge in [0.1, 0.15) is 17.6 Å². The normalized spacial score (nSPS) is 11.0. The van der Waals surface area contributed by atoms with Crippen LogP contribution >= 0.6 is 0 Å². The topological polar surface area (TPSA) is 78.9 Å². The van der Waals surface area contributed by atoms with Gasteiger partial charge in [0.2, 0.25) is 0 Å². The first-order chi connectivity index (χ1) is 11.2. The van der Waals surface area contributed by atoms with Crippen molar-refractivity contribution in [2.24, 2.45) is 0 Å². The lowest BCUT2D eigenvalue weighted by molar-refractivity contribution is 0.304. The molecule has 0 amide bonds. The number of aryl methyl sites for hydroxylation is 2. The van der Waals surface area contributed by atoms with E-state index in [1.807, 2.05) is 16.7 Å². The summed E-state index contributed by atoms with van der Waals surface area (Å²) >= 11 is 0. The quantitative estimate of drug-likeness (QED) is 0.679. The monoisotopic (exact) mass is 311 g/mol. The van der Waals surface area contributed by atoms with E-state index >= 15 is 0 Å². The van der Waals surface area contributed by atoms with Crippen LogP contribution in [-0.4, -0.2) is 26.1 Å². The predicted molar refractivity (Wildman–Crippen MR) is 90.3 cm³/mol. The maximum atomic E-state index is 5.79. The zero-order valence-corrected chi connectivity index (χ0v) is 13.3. The van der Waals surface area contributed by atoms with Crippen molar-refractivity contribution >= 4 is 17.0 Å². The van der Waals surface area contributed by atoms with Crippen molar-refractivity contribution in [3.8, 4) is 5.75 Å². The fraction of sp³-hybridized carbons (Fsp3) is 0.353. The minimum atomic E-state index is 0.431. The van der Waals surface area contributed by atoms with E-state index in [4.69, 9.17) is 10.5 Å². The van der Waals surface area contributed by atoms with Crippen molar-refractivity contribution in [2.45, 2.75) is 32.7 Å². The number of ether oxygens (including phenoxy) is 1. The van der Waals surface area contributed by atoms with Gasteiger partial charge in [-0.3, -0.25) is 0 Å². The molecule has 0 fully saturated rings. The highest BCUT2D eigenvalue weighted by Gasteiger charge is 2.06. The van der Waals surface area contributed by atoms with E-state index in [-0.39, 0.29) is 0 Å². The molecular formula is C17H21N5O. The summed E-state index contributed by atoms with van der Waals surface area (Å²) in [5.74, 6) is 1.37. The van der Waals surface area contributed by atoms with Crippen LogP contribution < -0.4 is 10.5 Å². The van der Waals surface area contributed by atoms with Gasteiger partial charge in [-0.1, -0.05) is 12.1 Å². The average Bonchev–Trinajstić information content (AvgIpc) is 2.95. The molecular weight excluding hydrogens is 290 g/mol. The molecule has 2 heterocycles. The lowest BCUT2D eigenvalue weighted by atomic mass is 10.2. The van der Waals surface area contributed by atoms with Crippen molar-refractivity contribution in [3.63, 3.8) is 0 Å². The molecule has 0 aliphatic heterocycles. The van der Waals surface area contributed by atoms with Crippen LogP contribution in [0.15, 0.2) is 36.9 Å². The number of unbranched alkanes of at least 4 members (excludes halogenated alkanes) is 2. The third-order valence-electron chi connectivity index (χ3n) is 3.73. The molecule has 1 aromatic carbocycles. The molecule has 0 aliphatic carbocycles. The van der Waals surface area contributed by atoms with Crippen molar-refractivity contribution in [3.05, 3.63) is 42.5 Å². The van der Waals surface area contributed by atoms with E-state index in [0.717, 1.165) is 43.8 Å². The van der Waals surface area contributed by atoms with Gasteiger partial charge in [0, 0.05) is 6.54 Å². The van der Waals surface area contributed by atoms with Gasteiger partial charge in [0.15, 0.2) is 11.5 Å². The number of nitrogens with two attached hydrogens (primary N) is 1. The first kappa shape index (κ1) is 15.3. The molecule has 23 heavy (non-hydrogen) atoms. The number of hydrogen-bond acceptors (Lipinski definition) is 5. The van der Waals surface area contributed by atoms with E-state index in [1.165, 1.54) is 11.9 Å². The van der Waals surface area contributed by atoms with E-state index in [1.54, 1.807) is 6.33 Å². The Labute approximate surface area is 135 Å². The van der Waals surface area contributed by atoms with Crippen LogP contribution in [0, 0.1) is 6.92 Å². The molecule has 6 heteroatoms. The summed E-state index contributed by atoms with van der Waals surface area (Å²) in [6, 6.07) is 8.14. The molecule has 2 aromatic heterocycles. The standard InChI is InChI=1S/C17H21N5O/c1-13-6-5-7-14(10-13)23-9-4-2-3-8-22-12-21-15-16(18)19-11-20-17(15)22/h5-7,10-12H,2-4,8-9H2,1H3,(H2,18,19,20). The van der Waals surface area contributed by atoms with Gasteiger partial charge >= 0.3 is 0 Å². The van der Waals surface area contributed by atoms with Crippen molar-refractivity contribution in [1.29, 1.82) is 0 Å². The average molecular weight is 311 g/mol. The zero-order valence-electron chi connectivity index (χ0n) is 13.3. The molecule has 0 unspecified atom stereocenters. The Hall–Kier alpha value is -2.63. The Morgan fingerprint density at radius 1 is 1.13 bits per heavy atom. The Bertz CT molecular complexity index is 784. The summed E-state index contributed by atoms with van der Waals surface area (Å²) in [4.78, 5) is 12.5. The second-order valence-electron chi connectivity index (χ2n) is 5.59. The van der Waals surface area contributed by atoms with Crippen molar-refractivity contribution in [1.82, 2.24) is 19.5 Å². The molecule has 3 aromatic rings. The maximum Gasteiger partial charge on any atom is 0.165 e. The maximum absolute atomic E-state index is 5.79. The summed E-state index contributed by atoms with van der Waals surface area (Å²) in [7, 11) is 0. The van der Waals surface area contributed by atoms with Gasteiger partial charge in [-0.25, -0.2) is 15.0 Å². The number of imidazole rings is 1. The SMILES string of the molecule is Cc1cccc(OCCCCCn2cnc3c(N)ncnc32)c1. The van der Waals surface area contributed by atoms with Crippen LogP contribution in [0.2, 0.25) is 0 Å². The molecule has 120 valence electrons. The molecule has 0 aliphatic rings. The highest BCUT2D eigenvalue weighted by Crippen LogP contribution is 2.15. The summed E-state index contributed by atoms with van der Waals surface area (Å²) in [5, 5.41) is 0. The van der Waals surface area contributed by atoms with Crippen molar-refractivity contribution < 1.29 is 4.74 Å². The number of aromatic nitrogens is 4. The number of rotatable bonds is 7. The smallest absolute Gasteiger partial charge is 0.165 e. The van der Waals surface area contributed by atoms with Crippen LogP contribution in [0.4, 0.5) is 5.82 Å². The van der Waals surface area contributed by atoms with Crippen LogP contribution in [0.1, 0.15) is 24.8 Å². The minimum absolute atomic E-state index is 0.431. The predicted octanol–water partition coefficient (Wildman–Crippen LogP) is 2.97. The van der Waals surface area contributed by atoms with Crippen LogP contribution in [0.25, 0.3) is 11.2 Å². The first-order valence-corrected chi connectivity index (χ1v) is 7.85. The molecule has 3 rings (SSSR count). The summed E-state index contributed by atoms with van der Waals surface area (Å²) in [6.07, 6.45) is 6.42. The third kappa shape index (κ3) is 3.77. The molecule has 0 spiro atoms. The number of nitrogens with zero attached hydrogens (tertiary/aromatic N) is 4. The fourth-order valence-corrected chi connectivity index (χ4v) is 2.52. The molecule has 0 saturated heterocycles. The second-order valence-corrected chi connectivity index (χ2v) is 5.59. The number of hydrogen-bond donors (Lipinski definition) is 1. The zero-order chi connectivity index (χ0) is 16.1. The molecule has 6 nitrogen and oxygen atoms in total. The fourth-order valence-electron chi connectivity index (χ4n) is 2.52. The highest BCUT2D eigenvalue weighted by atomic mass is 16.5. The molecule has 0 bridgehead atoms. The Kier molecular flexibility index (Phi) is 4.71. The van der Waals surface area contributed by atoms with Crippen LogP contribution in [0.3, 0.4) is 0 Å². The second kappa shape index (κ2) is 7.09. The van der Waals surface area contributed by atoms with Gasteiger partial charge < -0.3 is 15.0 Å². The number of anilines is 1. The van der Waals surface area contributed by atoms with E-state index < -0.39 is 0 Å². The summed E-state index contributed by atoms with van der Waals surface area (Å²) < 4.78 is 7.78. The van der Waals surface area contributed by atoms with Gasteiger partial charge in [-0.05, 0) is 43.9 Å². The number of fused-ring (bicyclic) bond motifs is 1. The van der Waals surface area contributed by atoms with Crippen LogP contribution in [0.5, 0.6) is 5.75 Å². The third-order valence-corrected chi connectivity index (χ3v) is 3.73. The van der Waals surface area contributed by atoms with E-state index in [2.05, 4.69) is 34.0 Å². The molecule has 2 N–H and O–H groups in total.